The van der Waals surface area contributed by atoms with Crippen LogP contribution >= 0.6 is 0 Å². The summed E-state index contributed by atoms with van der Waals surface area (Å²) in [7, 11) is 0. The van der Waals surface area contributed by atoms with E-state index in [2.05, 4.69) is 6.92 Å². The molecular weight excluding hydrogens is 288 g/mol. The normalized spacial score (nSPS) is 14.1. The second kappa shape index (κ2) is 10.4. The summed E-state index contributed by atoms with van der Waals surface area (Å²) in [5, 5.41) is 0. The number of unbranched alkanes of at least 4 members (excludes halogenated alkanes) is 1. The van der Waals surface area contributed by atoms with Crippen molar-refractivity contribution >= 4 is 12.1 Å². The van der Waals surface area contributed by atoms with Crippen molar-refractivity contribution in [3.63, 3.8) is 0 Å². The van der Waals surface area contributed by atoms with E-state index in [4.69, 9.17) is 20.4 Å². The van der Waals surface area contributed by atoms with Crippen molar-refractivity contribution in [2.75, 3.05) is 0 Å². The summed E-state index contributed by atoms with van der Waals surface area (Å²) in [5.41, 5.74) is 1.12. The Balaban J connectivity index is 4.29. The molecule has 0 aromatic carbocycles. The molecule has 3 N–H and O–H groups in total. The van der Waals surface area contributed by atoms with Gasteiger partial charge in [-0.1, -0.05) is 26.7 Å². The summed E-state index contributed by atoms with van der Waals surface area (Å²) in [4.78, 5) is 33.2. The number of rotatable bonds is 10. The van der Waals surface area contributed by atoms with E-state index >= 15 is 0 Å². The maximum absolute atomic E-state index is 12.0. The smallest absolute Gasteiger partial charge is 0.421 e. The van der Waals surface area contributed by atoms with Gasteiger partial charge in [0.05, 0.1) is 5.92 Å². The molecule has 0 aliphatic carbocycles. The second-order valence-electron chi connectivity index (χ2n) is 6.06. The van der Waals surface area contributed by atoms with Gasteiger partial charge in [0.25, 0.3) is 0 Å². The van der Waals surface area contributed by atoms with Crippen molar-refractivity contribution in [1.29, 1.82) is 0 Å². The zero-order valence-electron chi connectivity index (χ0n) is 14.3. The highest BCUT2D eigenvalue weighted by molar-refractivity contribution is 5.71. The Morgan fingerprint density at radius 2 is 1.91 bits per heavy atom. The zero-order valence-corrected chi connectivity index (χ0v) is 14.3. The first-order valence-electron chi connectivity index (χ1n) is 7.82. The average Bonchev–Trinajstić information content (AvgIpc) is 2.45. The predicted molar refractivity (Wildman–Crippen MR) is 82.4 cm³/mol. The van der Waals surface area contributed by atoms with Crippen LogP contribution in [0.3, 0.4) is 0 Å². The van der Waals surface area contributed by atoms with Crippen LogP contribution in [0.25, 0.3) is 0 Å². The molecule has 7 nitrogen and oxygen atoms in total. The van der Waals surface area contributed by atoms with Crippen LogP contribution in [0.15, 0.2) is 0 Å². The monoisotopic (exact) mass is 318 g/mol. The van der Waals surface area contributed by atoms with Crippen molar-refractivity contribution in [3.8, 4) is 0 Å². The summed E-state index contributed by atoms with van der Waals surface area (Å²) >= 11 is 0. The molecule has 0 rings (SSSR count). The highest BCUT2D eigenvalue weighted by atomic mass is 17.2. The average molecular weight is 318 g/mol. The Morgan fingerprint density at radius 1 is 1.27 bits per heavy atom. The first-order valence-corrected chi connectivity index (χ1v) is 7.82. The van der Waals surface area contributed by atoms with Gasteiger partial charge in [0, 0.05) is 6.42 Å². The van der Waals surface area contributed by atoms with Crippen molar-refractivity contribution in [2.45, 2.75) is 78.4 Å². The molecule has 1 amide bonds. The minimum absolute atomic E-state index is 0.146. The van der Waals surface area contributed by atoms with Crippen LogP contribution in [-0.4, -0.2) is 23.8 Å². The number of carbonyl (C=O) groups is 2. The second-order valence-corrected chi connectivity index (χ2v) is 6.06. The maximum Gasteiger partial charge on any atom is 0.421 e. The molecule has 7 heteroatoms. The number of nitrogens with two attached hydrogens (primary N) is 1. The van der Waals surface area contributed by atoms with Crippen LogP contribution in [0.2, 0.25) is 0 Å². The number of amides is 1. The summed E-state index contributed by atoms with van der Waals surface area (Å²) < 4.78 is 4.97. The van der Waals surface area contributed by atoms with E-state index in [-0.39, 0.29) is 11.9 Å². The number of hydrazine groups is 1. The van der Waals surface area contributed by atoms with E-state index in [1.165, 1.54) is 0 Å². The van der Waals surface area contributed by atoms with Crippen molar-refractivity contribution in [2.24, 2.45) is 11.8 Å². The Labute approximate surface area is 132 Å². The molecule has 0 bridgehead atoms. The van der Waals surface area contributed by atoms with Gasteiger partial charge in [-0.3, -0.25) is 10.3 Å². The fraction of sp³-hybridized carbons (Fsp3) is 0.867. The van der Waals surface area contributed by atoms with Crippen molar-refractivity contribution in [3.05, 3.63) is 0 Å². The SMILES string of the molecule is CCCCC(CC)C(=O)OOC(C)(C)CC(C)OC(=O)NN. The fourth-order valence-corrected chi connectivity index (χ4v) is 2.15. The van der Waals surface area contributed by atoms with Gasteiger partial charge in [-0.05, 0) is 33.6 Å². The molecule has 0 aliphatic heterocycles. The molecule has 0 aromatic rings. The minimum Gasteiger partial charge on any atom is -0.445 e. The quantitative estimate of drug-likeness (QED) is 0.278. The standard InChI is InChI=1S/C15H30N2O5/c1-6-8-9-12(7-2)13(18)21-22-15(4,5)10-11(3)20-14(19)17-16/h11-12H,6-10,16H2,1-5H3,(H,17,19). The number of hydrogen-bond acceptors (Lipinski definition) is 6. The van der Waals surface area contributed by atoms with Crippen LogP contribution in [0.4, 0.5) is 4.79 Å². The Kier molecular flexibility index (Phi) is 9.76. The molecule has 0 saturated carbocycles. The molecule has 0 heterocycles. The first kappa shape index (κ1) is 20.7. The van der Waals surface area contributed by atoms with Gasteiger partial charge in [0.1, 0.15) is 11.7 Å². The maximum atomic E-state index is 12.0. The fourth-order valence-electron chi connectivity index (χ4n) is 2.15. The van der Waals surface area contributed by atoms with Gasteiger partial charge in [0.15, 0.2) is 0 Å². The molecule has 2 unspecified atom stereocenters. The van der Waals surface area contributed by atoms with Gasteiger partial charge in [0.2, 0.25) is 0 Å². The highest BCUT2D eigenvalue weighted by Gasteiger charge is 2.28. The molecular formula is C15H30N2O5. The van der Waals surface area contributed by atoms with Crippen molar-refractivity contribution in [1.82, 2.24) is 5.43 Å². The van der Waals surface area contributed by atoms with Gasteiger partial charge >= 0.3 is 12.1 Å². The first-order chi connectivity index (χ1) is 10.3. The van der Waals surface area contributed by atoms with E-state index in [1.807, 2.05) is 12.3 Å². The lowest BCUT2D eigenvalue weighted by Gasteiger charge is -2.26. The number of ether oxygens (including phenoxy) is 1. The molecule has 130 valence electrons. The number of hydrogen-bond donors (Lipinski definition) is 2. The lowest BCUT2D eigenvalue weighted by Crippen LogP contribution is -2.37. The Morgan fingerprint density at radius 3 is 2.41 bits per heavy atom. The van der Waals surface area contributed by atoms with E-state index in [0.717, 1.165) is 25.7 Å². The summed E-state index contributed by atoms with van der Waals surface area (Å²) in [6, 6.07) is 0. The predicted octanol–water partition coefficient (Wildman–Crippen LogP) is 2.83. The third-order valence-electron chi connectivity index (χ3n) is 3.29. The van der Waals surface area contributed by atoms with E-state index in [0.29, 0.717) is 6.42 Å². The van der Waals surface area contributed by atoms with Gasteiger partial charge < -0.3 is 4.74 Å². The molecule has 0 aromatic heterocycles. The van der Waals surface area contributed by atoms with E-state index in [9.17, 15) is 9.59 Å². The van der Waals surface area contributed by atoms with Gasteiger partial charge in [-0.25, -0.2) is 15.4 Å². The van der Waals surface area contributed by atoms with Crippen LogP contribution in [0.1, 0.15) is 66.7 Å². The third kappa shape index (κ3) is 8.84. The molecule has 22 heavy (non-hydrogen) atoms. The topological polar surface area (TPSA) is 99.9 Å². The van der Waals surface area contributed by atoms with Crippen LogP contribution in [0.5, 0.6) is 0 Å². The third-order valence-corrected chi connectivity index (χ3v) is 3.29. The van der Waals surface area contributed by atoms with E-state index < -0.39 is 17.8 Å². The Hall–Kier alpha value is -1.34. The van der Waals surface area contributed by atoms with Gasteiger partial charge in [-0.15, -0.1) is 0 Å². The molecule has 0 saturated heterocycles. The number of carbonyl (C=O) groups excluding carboxylic acids is 2. The molecule has 2 atom stereocenters. The lowest BCUT2D eigenvalue weighted by molar-refractivity contribution is -0.331. The molecule has 0 spiro atoms. The minimum atomic E-state index is -0.771. The largest absolute Gasteiger partial charge is 0.445 e. The van der Waals surface area contributed by atoms with E-state index in [1.54, 1.807) is 20.8 Å². The van der Waals surface area contributed by atoms with Crippen LogP contribution in [0, 0.1) is 5.92 Å². The molecule has 0 aliphatic rings. The summed E-state index contributed by atoms with van der Waals surface area (Å²) in [5.74, 6) is 4.45. The van der Waals surface area contributed by atoms with Crippen LogP contribution < -0.4 is 11.3 Å². The molecule has 0 radical (unpaired) electrons. The van der Waals surface area contributed by atoms with Gasteiger partial charge in [-0.2, -0.15) is 4.89 Å². The lowest BCUT2D eigenvalue weighted by atomic mass is 10.00. The summed E-state index contributed by atoms with van der Waals surface area (Å²) in [6.07, 6.45) is 2.75. The highest BCUT2D eigenvalue weighted by Crippen LogP contribution is 2.21. The molecule has 0 fully saturated rings. The number of nitrogens with one attached hydrogen (secondary N) is 1. The zero-order chi connectivity index (χ0) is 17.2. The van der Waals surface area contributed by atoms with Crippen molar-refractivity contribution < 1.29 is 24.1 Å². The Bertz CT molecular complexity index is 347. The summed E-state index contributed by atoms with van der Waals surface area (Å²) in [6.45, 7) is 9.25. The van der Waals surface area contributed by atoms with Crippen LogP contribution in [-0.2, 0) is 19.3 Å².